The van der Waals surface area contributed by atoms with Crippen LogP contribution in [0.1, 0.15) is 5.56 Å². The highest BCUT2D eigenvalue weighted by molar-refractivity contribution is 6.02. The first kappa shape index (κ1) is 20.4. The monoisotopic (exact) mass is 410 g/mol. The number of rotatable bonds is 7. The number of fused-ring (bicyclic) bond motifs is 1. The number of ether oxygens (including phenoxy) is 1. The molecule has 2 aromatic rings. The van der Waals surface area contributed by atoms with E-state index in [2.05, 4.69) is 35.6 Å². The van der Waals surface area contributed by atoms with Gasteiger partial charge in [0.25, 0.3) is 5.91 Å². The van der Waals surface area contributed by atoms with Gasteiger partial charge in [-0.15, -0.1) is 0 Å². The van der Waals surface area contributed by atoms with Crippen LogP contribution in [0.3, 0.4) is 0 Å². The van der Waals surface area contributed by atoms with Crippen LogP contribution in [0.2, 0.25) is 0 Å². The highest BCUT2D eigenvalue weighted by Gasteiger charge is 2.27. The van der Waals surface area contributed by atoms with Gasteiger partial charge in [-0.25, -0.2) is 0 Å². The summed E-state index contributed by atoms with van der Waals surface area (Å²) in [5.74, 6) is 0.324. The van der Waals surface area contributed by atoms with Crippen molar-refractivity contribution in [3.63, 3.8) is 0 Å². The second-order valence-corrected chi connectivity index (χ2v) is 8.00. The summed E-state index contributed by atoms with van der Waals surface area (Å²) in [5.41, 5.74) is 2.05. The first-order valence-corrected chi connectivity index (χ1v) is 10.7. The Balaban J connectivity index is 1.17. The quantitative estimate of drug-likeness (QED) is 0.521. The molecule has 1 fully saturated rings. The third kappa shape index (κ3) is 5.17. The molecule has 0 radical (unpaired) electrons. The lowest BCUT2D eigenvalue weighted by atomic mass is 10.2. The van der Waals surface area contributed by atoms with Crippen molar-refractivity contribution in [3.05, 3.63) is 60.2 Å². The minimum absolute atomic E-state index is 0.0238. The number of hydrogen-bond donors (Lipinski definition) is 3. The molecule has 0 saturated carbocycles. The first-order chi connectivity index (χ1) is 14.7. The van der Waals surface area contributed by atoms with Gasteiger partial charge in [-0.05, 0) is 12.1 Å². The van der Waals surface area contributed by atoms with Gasteiger partial charge in [0.2, 0.25) is 5.91 Å². The molecular formula is C23H30N4O3+2. The number of amides is 2. The molecule has 0 unspecified atom stereocenters. The molecule has 30 heavy (non-hydrogen) atoms. The lowest BCUT2D eigenvalue weighted by molar-refractivity contribution is -1.02. The Kier molecular flexibility index (Phi) is 6.61. The van der Waals surface area contributed by atoms with Gasteiger partial charge in [0, 0.05) is 5.56 Å². The van der Waals surface area contributed by atoms with Gasteiger partial charge >= 0.3 is 0 Å². The van der Waals surface area contributed by atoms with E-state index in [1.165, 1.54) is 15.4 Å². The molecule has 2 amide bonds. The molecule has 0 bridgehead atoms. The molecule has 2 aliphatic rings. The number of para-hydroxylation sites is 2. The van der Waals surface area contributed by atoms with Crippen molar-refractivity contribution >= 4 is 17.5 Å². The van der Waals surface area contributed by atoms with Gasteiger partial charge in [0.1, 0.15) is 45.0 Å². The second kappa shape index (κ2) is 9.73. The van der Waals surface area contributed by atoms with Crippen LogP contribution in [0, 0.1) is 0 Å². The Labute approximate surface area is 177 Å². The Hall–Kier alpha value is -2.90. The topological polar surface area (TPSA) is 67.5 Å². The number of nitrogens with one attached hydrogen (secondary N) is 3. The number of carbonyl (C=O) groups excluding carboxylic acids is 2. The van der Waals surface area contributed by atoms with Crippen LogP contribution >= 0.6 is 0 Å². The van der Waals surface area contributed by atoms with Crippen molar-refractivity contribution < 1.29 is 24.1 Å². The van der Waals surface area contributed by atoms with Crippen molar-refractivity contribution in [2.45, 2.75) is 6.54 Å². The van der Waals surface area contributed by atoms with E-state index in [1.807, 2.05) is 18.2 Å². The molecule has 4 rings (SSSR count). The van der Waals surface area contributed by atoms with Gasteiger partial charge in [-0.1, -0.05) is 42.5 Å². The number of quaternary nitrogens is 2. The molecular weight excluding hydrogens is 380 g/mol. The van der Waals surface area contributed by atoms with Crippen molar-refractivity contribution in [1.82, 2.24) is 5.32 Å². The summed E-state index contributed by atoms with van der Waals surface area (Å²) in [6.07, 6.45) is 0. The highest BCUT2D eigenvalue weighted by atomic mass is 16.5. The van der Waals surface area contributed by atoms with Crippen LogP contribution in [0.5, 0.6) is 5.75 Å². The zero-order valence-electron chi connectivity index (χ0n) is 17.2. The van der Waals surface area contributed by atoms with Crippen molar-refractivity contribution in [2.75, 3.05) is 57.3 Å². The average molecular weight is 411 g/mol. The molecule has 0 spiro atoms. The van der Waals surface area contributed by atoms with Gasteiger partial charge in [0.15, 0.2) is 6.61 Å². The van der Waals surface area contributed by atoms with Crippen LogP contribution in [0.25, 0.3) is 0 Å². The predicted octanol–water partition coefficient (Wildman–Crippen LogP) is -1.49. The molecule has 0 atom stereocenters. The van der Waals surface area contributed by atoms with E-state index >= 15 is 0 Å². The minimum Gasteiger partial charge on any atom is -0.482 e. The van der Waals surface area contributed by atoms with Crippen LogP contribution in [0.15, 0.2) is 54.6 Å². The molecule has 3 N–H and O–H groups in total. The third-order valence-electron chi connectivity index (χ3n) is 5.87. The molecule has 7 nitrogen and oxygen atoms in total. The minimum atomic E-state index is -0.188. The van der Waals surface area contributed by atoms with Crippen LogP contribution < -0.4 is 24.8 Å². The summed E-state index contributed by atoms with van der Waals surface area (Å²) in [5, 5.41) is 2.98. The molecule has 1 saturated heterocycles. The maximum absolute atomic E-state index is 12.4. The zero-order chi connectivity index (χ0) is 20.8. The lowest BCUT2D eigenvalue weighted by Crippen LogP contribution is -3.27. The lowest BCUT2D eigenvalue weighted by Gasteiger charge is -2.30. The number of nitrogens with zero attached hydrogens (tertiary/aromatic N) is 1. The Morgan fingerprint density at radius 2 is 1.67 bits per heavy atom. The van der Waals surface area contributed by atoms with Crippen molar-refractivity contribution in [3.8, 4) is 5.75 Å². The summed E-state index contributed by atoms with van der Waals surface area (Å²) < 4.78 is 5.43. The maximum atomic E-state index is 12.4. The number of piperazine rings is 1. The largest absolute Gasteiger partial charge is 0.482 e. The smallest absolute Gasteiger partial charge is 0.265 e. The summed E-state index contributed by atoms with van der Waals surface area (Å²) in [6, 6.07) is 18.0. The zero-order valence-corrected chi connectivity index (χ0v) is 17.2. The molecule has 0 aromatic heterocycles. The van der Waals surface area contributed by atoms with E-state index < -0.39 is 0 Å². The Morgan fingerprint density at radius 3 is 2.47 bits per heavy atom. The fourth-order valence-electron chi connectivity index (χ4n) is 4.17. The maximum Gasteiger partial charge on any atom is 0.265 e. The number of carbonyl (C=O) groups is 2. The Bertz CT molecular complexity index is 866. The van der Waals surface area contributed by atoms with Crippen LogP contribution in [0.4, 0.5) is 5.69 Å². The molecule has 7 heteroatoms. The summed E-state index contributed by atoms with van der Waals surface area (Å²) >= 11 is 0. The van der Waals surface area contributed by atoms with E-state index in [9.17, 15) is 9.59 Å². The average Bonchev–Trinajstić information content (AvgIpc) is 2.78. The van der Waals surface area contributed by atoms with E-state index in [4.69, 9.17) is 4.74 Å². The SMILES string of the molecule is O=C(CN1C(=O)COc2ccccc21)NCC[NH+]1CC[NH+](Cc2ccccc2)CC1. The second-order valence-electron chi connectivity index (χ2n) is 8.00. The van der Waals surface area contributed by atoms with Gasteiger partial charge in [-0.2, -0.15) is 0 Å². The normalized spacial score (nSPS) is 20.9. The van der Waals surface area contributed by atoms with Crippen LogP contribution in [-0.4, -0.2) is 64.2 Å². The fraction of sp³-hybridized carbons (Fsp3) is 0.391. The van der Waals surface area contributed by atoms with E-state index in [-0.39, 0.29) is 25.0 Å². The summed E-state index contributed by atoms with van der Waals surface area (Å²) in [7, 11) is 0. The fourth-order valence-corrected chi connectivity index (χ4v) is 4.17. The molecule has 0 aliphatic carbocycles. The summed E-state index contributed by atoms with van der Waals surface area (Å²) in [6.45, 7) is 7.17. The van der Waals surface area contributed by atoms with Crippen LogP contribution in [-0.2, 0) is 16.1 Å². The summed E-state index contributed by atoms with van der Waals surface area (Å²) in [4.78, 5) is 29.3. The first-order valence-electron chi connectivity index (χ1n) is 10.7. The van der Waals surface area contributed by atoms with Gasteiger partial charge < -0.3 is 19.9 Å². The molecule has 158 valence electrons. The third-order valence-corrected chi connectivity index (χ3v) is 5.87. The van der Waals surface area contributed by atoms with E-state index in [1.54, 1.807) is 11.0 Å². The van der Waals surface area contributed by atoms with Gasteiger partial charge in [-0.3, -0.25) is 14.5 Å². The van der Waals surface area contributed by atoms with Crippen molar-refractivity contribution in [2.24, 2.45) is 0 Å². The number of hydrogen-bond acceptors (Lipinski definition) is 3. The number of benzene rings is 2. The number of anilines is 1. The van der Waals surface area contributed by atoms with E-state index in [0.717, 1.165) is 39.3 Å². The predicted molar refractivity (Wildman–Crippen MR) is 114 cm³/mol. The highest BCUT2D eigenvalue weighted by Crippen LogP contribution is 2.30. The van der Waals surface area contributed by atoms with E-state index in [0.29, 0.717) is 18.0 Å². The molecule has 2 aromatic carbocycles. The standard InChI is InChI=1S/C23H28N4O3/c28-22(17-27-20-8-4-5-9-21(20)30-18-23(27)29)24-10-11-25-12-14-26(15-13-25)16-19-6-2-1-3-7-19/h1-9H,10-18H2,(H,24,28)/p+2. The van der Waals surface area contributed by atoms with Crippen molar-refractivity contribution in [1.29, 1.82) is 0 Å². The van der Waals surface area contributed by atoms with Gasteiger partial charge in [0.05, 0.1) is 18.8 Å². The molecule has 2 aliphatic heterocycles. The molecule has 2 heterocycles. The Morgan fingerprint density at radius 1 is 0.967 bits per heavy atom.